The van der Waals surface area contributed by atoms with Gasteiger partial charge in [0.2, 0.25) is 0 Å². The molecule has 0 aliphatic carbocycles. The van der Waals surface area contributed by atoms with Crippen molar-refractivity contribution in [3.8, 4) is 0 Å². The van der Waals surface area contributed by atoms with Gasteiger partial charge in [0.25, 0.3) is 5.91 Å². The minimum absolute atomic E-state index is 0.334. The Morgan fingerprint density at radius 2 is 2.09 bits per heavy atom. The highest BCUT2D eigenvalue weighted by Gasteiger charge is 2.19. The van der Waals surface area contributed by atoms with Crippen LogP contribution in [-0.2, 0) is 14.4 Å². The predicted molar refractivity (Wildman–Crippen MR) is 92.6 cm³/mol. The van der Waals surface area contributed by atoms with Gasteiger partial charge in [0.1, 0.15) is 6.04 Å². The second-order valence-corrected chi connectivity index (χ2v) is 6.18. The number of nitrogens with zero attached hydrogens (tertiary/aromatic N) is 1. The van der Waals surface area contributed by atoms with Crippen LogP contribution >= 0.6 is 35.0 Å². The average molecular weight is 379 g/mol. The van der Waals surface area contributed by atoms with Crippen molar-refractivity contribution in [3.63, 3.8) is 0 Å². The maximum atomic E-state index is 11.6. The molecule has 126 valence electrons. The highest BCUT2D eigenvalue weighted by molar-refractivity contribution is 7.98. The fraction of sp³-hybridized carbons (Fsp3) is 0.357. The molecule has 23 heavy (non-hydrogen) atoms. The molecule has 9 heteroatoms. The molecule has 0 fully saturated rings. The van der Waals surface area contributed by atoms with E-state index in [4.69, 9.17) is 33.1 Å². The molecule has 1 atom stereocenters. The first-order valence-electron chi connectivity index (χ1n) is 6.56. The lowest BCUT2D eigenvalue weighted by Crippen LogP contribution is -2.42. The van der Waals surface area contributed by atoms with Crippen molar-refractivity contribution in [2.24, 2.45) is 5.16 Å². The Bertz CT molecular complexity index is 564. The largest absolute Gasteiger partial charge is 0.480 e. The number of aliphatic carboxylic acids is 1. The van der Waals surface area contributed by atoms with E-state index in [-0.39, 0.29) is 0 Å². The Labute approximate surface area is 148 Å². The highest BCUT2D eigenvalue weighted by atomic mass is 35.5. The van der Waals surface area contributed by atoms with Gasteiger partial charge in [0.05, 0.1) is 16.3 Å². The molecule has 1 aromatic rings. The number of nitrogens with one attached hydrogen (secondary N) is 1. The topological polar surface area (TPSA) is 88.0 Å². The van der Waals surface area contributed by atoms with Crippen LogP contribution in [0.15, 0.2) is 23.4 Å². The molecule has 0 aromatic heterocycles. The number of carbonyl (C=O) groups is 2. The van der Waals surface area contributed by atoms with E-state index in [0.29, 0.717) is 27.8 Å². The van der Waals surface area contributed by atoms with Crippen molar-refractivity contribution in [2.45, 2.75) is 12.5 Å². The molecule has 0 bridgehead atoms. The molecule has 1 rings (SSSR count). The van der Waals surface area contributed by atoms with Crippen LogP contribution in [-0.4, -0.2) is 47.9 Å². The Kier molecular flexibility index (Phi) is 8.83. The summed E-state index contributed by atoms with van der Waals surface area (Å²) in [5, 5.41) is 15.8. The summed E-state index contributed by atoms with van der Waals surface area (Å²) in [5.74, 6) is -1.03. The maximum absolute atomic E-state index is 11.6. The molecule has 0 radical (unpaired) electrons. The second kappa shape index (κ2) is 10.4. The SMILES string of the molecule is CSCC[C@H](NC(=O)CON=Cc1c(Cl)cccc1Cl)C(=O)O. The van der Waals surface area contributed by atoms with Crippen LogP contribution in [0.4, 0.5) is 0 Å². The molecule has 0 saturated carbocycles. The molecular formula is C14H16Cl2N2O4S. The quantitative estimate of drug-likeness (QED) is 0.509. The minimum Gasteiger partial charge on any atom is -0.480 e. The van der Waals surface area contributed by atoms with Crippen molar-refractivity contribution < 1.29 is 19.5 Å². The third kappa shape index (κ3) is 7.11. The zero-order valence-electron chi connectivity index (χ0n) is 12.3. The summed E-state index contributed by atoms with van der Waals surface area (Å²) in [7, 11) is 0. The highest BCUT2D eigenvalue weighted by Crippen LogP contribution is 2.22. The molecule has 0 heterocycles. The van der Waals surface area contributed by atoms with Crippen molar-refractivity contribution in [1.82, 2.24) is 5.32 Å². The van der Waals surface area contributed by atoms with Crippen LogP contribution in [0.5, 0.6) is 0 Å². The van der Waals surface area contributed by atoms with Crippen LogP contribution in [0.3, 0.4) is 0 Å². The molecule has 1 amide bonds. The smallest absolute Gasteiger partial charge is 0.326 e. The number of amides is 1. The number of halogens is 2. The van der Waals surface area contributed by atoms with Gasteiger partial charge in [-0.05, 0) is 30.6 Å². The van der Waals surface area contributed by atoms with Crippen molar-refractivity contribution in [2.75, 3.05) is 18.6 Å². The van der Waals surface area contributed by atoms with Crippen molar-refractivity contribution >= 4 is 53.1 Å². The van der Waals surface area contributed by atoms with E-state index >= 15 is 0 Å². The summed E-state index contributed by atoms with van der Waals surface area (Å²) in [5.41, 5.74) is 0.472. The number of carbonyl (C=O) groups excluding carboxylic acids is 1. The van der Waals surface area contributed by atoms with Gasteiger partial charge in [-0.15, -0.1) is 0 Å². The van der Waals surface area contributed by atoms with Gasteiger partial charge < -0.3 is 15.3 Å². The maximum Gasteiger partial charge on any atom is 0.326 e. The number of rotatable bonds is 9. The predicted octanol–water partition coefficient (Wildman–Crippen LogP) is 2.67. The summed E-state index contributed by atoms with van der Waals surface area (Å²) in [6.45, 7) is -0.401. The van der Waals surface area contributed by atoms with Crippen LogP contribution in [0.2, 0.25) is 10.0 Å². The molecule has 0 spiro atoms. The number of hydrogen-bond donors (Lipinski definition) is 2. The Morgan fingerprint density at radius 1 is 1.43 bits per heavy atom. The van der Waals surface area contributed by atoms with E-state index < -0.39 is 24.5 Å². The Balaban J connectivity index is 2.46. The van der Waals surface area contributed by atoms with Crippen LogP contribution in [0, 0.1) is 0 Å². The Morgan fingerprint density at radius 3 is 2.65 bits per heavy atom. The summed E-state index contributed by atoms with van der Waals surface area (Å²) >= 11 is 13.4. The zero-order valence-corrected chi connectivity index (χ0v) is 14.6. The number of benzene rings is 1. The first-order valence-corrected chi connectivity index (χ1v) is 8.71. The lowest BCUT2D eigenvalue weighted by molar-refractivity contribution is -0.142. The Hall–Kier alpha value is -1.44. The standard InChI is InChI=1S/C14H16Cl2N2O4S/c1-23-6-5-12(14(20)21)18-13(19)8-22-17-7-9-10(15)3-2-4-11(9)16/h2-4,7,12H,5-6,8H2,1H3,(H,18,19)(H,20,21)/t12-/m0/s1. The van der Waals surface area contributed by atoms with E-state index in [9.17, 15) is 9.59 Å². The van der Waals surface area contributed by atoms with E-state index in [1.54, 1.807) is 18.2 Å². The van der Waals surface area contributed by atoms with Crippen LogP contribution in [0.1, 0.15) is 12.0 Å². The normalized spacial score (nSPS) is 12.1. The van der Waals surface area contributed by atoms with E-state index in [2.05, 4.69) is 10.5 Å². The van der Waals surface area contributed by atoms with Crippen molar-refractivity contribution in [1.29, 1.82) is 0 Å². The molecule has 6 nitrogen and oxygen atoms in total. The zero-order chi connectivity index (χ0) is 17.2. The fourth-order valence-corrected chi connectivity index (χ4v) is 2.52. The van der Waals surface area contributed by atoms with Gasteiger partial charge in [-0.3, -0.25) is 4.79 Å². The first kappa shape index (κ1) is 19.6. The van der Waals surface area contributed by atoms with Crippen LogP contribution < -0.4 is 5.32 Å². The summed E-state index contributed by atoms with van der Waals surface area (Å²) < 4.78 is 0. The number of oxime groups is 1. The van der Waals surface area contributed by atoms with Gasteiger partial charge in [-0.2, -0.15) is 11.8 Å². The minimum atomic E-state index is -1.08. The van der Waals surface area contributed by atoms with E-state index in [1.807, 2.05) is 6.26 Å². The third-order valence-electron chi connectivity index (χ3n) is 2.70. The molecule has 2 N–H and O–H groups in total. The number of carboxylic acids is 1. The number of carboxylic acid groups (broad SMARTS) is 1. The number of hydrogen-bond acceptors (Lipinski definition) is 5. The molecule has 0 aliphatic heterocycles. The van der Waals surface area contributed by atoms with E-state index in [0.717, 1.165) is 0 Å². The van der Waals surface area contributed by atoms with Crippen molar-refractivity contribution in [3.05, 3.63) is 33.8 Å². The first-order chi connectivity index (χ1) is 11.0. The van der Waals surface area contributed by atoms with Gasteiger partial charge in [-0.25, -0.2) is 4.79 Å². The lowest BCUT2D eigenvalue weighted by atomic mass is 10.2. The van der Waals surface area contributed by atoms with Crippen LogP contribution in [0.25, 0.3) is 0 Å². The number of thioether (sulfide) groups is 1. The fourth-order valence-electron chi connectivity index (χ4n) is 1.55. The second-order valence-electron chi connectivity index (χ2n) is 4.38. The van der Waals surface area contributed by atoms with Gasteiger partial charge in [-0.1, -0.05) is 34.4 Å². The monoisotopic (exact) mass is 378 g/mol. The van der Waals surface area contributed by atoms with Gasteiger partial charge >= 0.3 is 5.97 Å². The van der Waals surface area contributed by atoms with Gasteiger partial charge in [0, 0.05) is 5.56 Å². The lowest BCUT2D eigenvalue weighted by Gasteiger charge is -2.13. The molecule has 0 saturated heterocycles. The third-order valence-corrected chi connectivity index (χ3v) is 4.00. The van der Waals surface area contributed by atoms with E-state index in [1.165, 1.54) is 18.0 Å². The molecular weight excluding hydrogens is 363 g/mol. The molecule has 1 aromatic carbocycles. The summed E-state index contributed by atoms with van der Waals surface area (Å²) in [6.07, 6.45) is 3.49. The summed E-state index contributed by atoms with van der Waals surface area (Å²) in [4.78, 5) is 27.5. The molecule has 0 aliphatic rings. The summed E-state index contributed by atoms with van der Waals surface area (Å²) in [6, 6.07) is 4.03. The molecule has 0 unspecified atom stereocenters. The average Bonchev–Trinajstić information content (AvgIpc) is 2.50. The van der Waals surface area contributed by atoms with Gasteiger partial charge in [0.15, 0.2) is 6.61 Å².